The average molecular weight is 1030 g/mol. The molecule has 13 heteroatoms. The molecule has 0 aromatic heterocycles. The molecule has 0 unspecified atom stereocenters. The van der Waals surface area contributed by atoms with E-state index in [0.717, 1.165) is 22.8 Å². The molecule has 6 nitrogen and oxygen atoms in total. The van der Waals surface area contributed by atoms with Gasteiger partial charge in [0.2, 0.25) is 0 Å². The summed E-state index contributed by atoms with van der Waals surface area (Å²) in [5.41, 5.74) is 8.19. The number of nitrogens with zero attached hydrogens (tertiary/aromatic N) is 1. The lowest BCUT2D eigenvalue weighted by molar-refractivity contribution is -0.385. The molecule has 0 aliphatic rings. The van der Waals surface area contributed by atoms with Crippen molar-refractivity contribution in [1.82, 2.24) is 10.6 Å². The zero-order chi connectivity index (χ0) is 24.4. The fourth-order valence-electron chi connectivity index (χ4n) is 1.98. The molecular weight excluding hydrogens is 1010 g/mol. The summed E-state index contributed by atoms with van der Waals surface area (Å²) in [5, 5.41) is 17.6. The van der Waals surface area contributed by atoms with Crippen molar-refractivity contribution in [2.45, 2.75) is 13.0 Å². The van der Waals surface area contributed by atoms with Gasteiger partial charge in [0.1, 0.15) is -0.0619 Å². The number of alkyl halides is 5. The van der Waals surface area contributed by atoms with Crippen molar-refractivity contribution in [2.75, 3.05) is 22.3 Å². The van der Waals surface area contributed by atoms with Crippen LogP contribution in [0.2, 0.25) is 10.0 Å². The Bertz CT molecular complexity index is 771. The van der Waals surface area contributed by atoms with Crippen molar-refractivity contribution >= 4 is 148 Å². The second-order valence-electron chi connectivity index (χ2n) is 5.28. The molecule has 0 bridgehead atoms. The molecule has 0 saturated heterocycles. The number of nitro benzene ring substituents is 1. The van der Waals surface area contributed by atoms with E-state index in [1.54, 1.807) is 19.2 Å². The standard InChI is InChI=1S/C8H9ClN2O2.C8H11ClN2.CHI3.CH2I2/c1-10-5-6-4-7(9)2-3-8(6)11(12)13;1-11-5-6-4-7(9)2-3-8(6)10;2-1(3)4;2-1-3/h2-4,10H,5H2,1H3;2-4,11H,5,10H2,1H3;1H;1H2. The summed E-state index contributed by atoms with van der Waals surface area (Å²) in [6.45, 7) is 1.20. The second kappa shape index (κ2) is 22.3. The van der Waals surface area contributed by atoms with Gasteiger partial charge in [0.05, 0.1) is 7.36 Å². The number of halogens is 7. The highest BCUT2D eigenvalue weighted by molar-refractivity contribution is 14.3. The number of hydrogen-bond acceptors (Lipinski definition) is 5. The van der Waals surface area contributed by atoms with Gasteiger partial charge in [-0.2, -0.15) is 0 Å². The van der Waals surface area contributed by atoms with E-state index in [1.807, 2.05) is 19.2 Å². The maximum atomic E-state index is 10.5. The first-order valence-corrected chi connectivity index (χ1v) is 15.9. The summed E-state index contributed by atoms with van der Waals surface area (Å²) >= 11 is 23.0. The fraction of sp³-hybridized carbons (Fsp3) is 0.333. The molecular formula is C18H23Cl2I5N4O2. The molecule has 176 valence electrons. The number of anilines is 1. The SMILES string of the molecule is CNCc1cc(Cl)ccc1N.CNCc1cc(Cl)ccc1[N+](=O)[O-].IC(I)I.ICI. The van der Waals surface area contributed by atoms with Crippen LogP contribution in [-0.2, 0) is 13.1 Å². The van der Waals surface area contributed by atoms with Crippen LogP contribution in [0.1, 0.15) is 11.1 Å². The zero-order valence-corrected chi connectivity index (χ0v) is 28.9. The summed E-state index contributed by atoms with van der Waals surface area (Å²) in [6.07, 6.45) is 0. The molecule has 0 atom stereocenters. The molecule has 2 aromatic rings. The molecule has 0 aliphatic heterocycles. The van der Waals surface area contributed by atoms with Crippen molar-refractivity contribution < 1.29 is 4.92 Å². The van der Waals surface area contributed by atoms with E-state index < -0.39 is 4.92 Å². The van der Waals surface area contributed by atoms with E-state index in [-0.39, 0.29) is 5.69 Å². The van der Waals surface area contributed by atoms with Gasteiger partial charge in [-0.1, -0.05) is 136 Å². The Morgan fingerprint density at radius 1 is 0.968 bits per heavy atom. The highest BCUT2D eigenvalue weighted by Gasteiger charge is 2.12. The van der Waals surface area contributed by atoms with E-state index in [1.165, 1.54) is 14.6 Å². The molecule has 2 rings (SSSR count). The van der Waals surface area contributed by atoms with Crippen LogP contribution in [0.5, 0.6) is 0 Å². The zero-order valence-electron chi connectivity index (χ0n) is 16.6. The third-order valence-corrected chi connectivity index (χ3v) is 3.55. The number of hydrogen-bond donors (Lipinski definition) is 3. The van der Waals surface area contributed by atoms with Gasteiger partial charge >= 0.3 is 0 Å². The van der Waals surface area contributed by atoms with Gasteiger partial charge in [0.15, 0.2) is 0 Å². The normalized spacial score (nSPS) is 9.48. The molecule has 0 aliphatic carbocycles. The summed E-state index contributed by atoms with van der Waals surface area (Å²) in [6, 6.07) is 9.99. The molecule has 4 N–H and O–H groups in total. The summed E-state index contributed by atoms with van der Waals surface area (Å²) in [7, 11) is 3.60. The molecule has 2 aromatic carbocycles. The van der Waals surface area contributed by atoms with Crippen LogP contribution in [0.4, 0.5) is 11.4 Å². The van der Waals surface area contributed by atoms with Gasteiger partial charge in [-0.25, -0.2) is 0 Å². The van der Waals surface area contributed by atoms with Gasteiger partial charge in [0.25, 0.3) is 5.69 Å². The first-order chi connectivity index (χ1) is 14.5. The molecule has 31 heavy (non-hydrogen) atoms. The quantitative estimate of drug-likeness (QED) is 0.0930. The topological polar surface area (TPSA) is 93.2 Å². The van der Waals surface area contributed by atoms with Crippen LogP contribution < -0.4 is 16.4 Å². The molecule has 0 saturated carbocycles. The Morgan fingerprint density at radius 2 is 1.35 bits per heavy atom. The van der Waals surface area contributed by atoms with Crippen molar-refractivity contribution in [2.24, 2.45) is 0 Å². The van der Waals surface area contributed by atoms with E-state index in [9.17, 15) is 10.1 Å². The minimum atomic E-state index is -0.414. The largest absolute Gasteiger partial charge is 0.398 e. The molecule has 0 radical (unpaired) electrons. The van der Waals surface area contributed by atoms with Crippen LogP contribution in [0, 0.1) is 10.1 Å². The Labute approximate surface area is 262 Å². The smallest absolute Gasteiger partial charge is 0.273 e. The maximum absolute atomic E-state index is 10.5. The van der Waals surface area contributed by atoms with Crippen molar-refractivity contribution in [3.63, 3.8) is 0 Å². The lowest BCUT2D eigenvalue weighted by atomic mass is 10.2. The van der Waals surface area contributed by atoms with Crippen LogP contribution in [0.15, 0.2) is 36.4 Å². The van der Waals surface area contributed by atoms with Gasteiger partial charge < -0.3 is 16.4 Å². The average Bonchev–Trinajstić information content (AvgIpc) is 2.66. The summed E-state index contributed by atoms with van der Waals surface area (Å²) < 4.78 is 1.93. The van der Waals surface area contributed by atoms with Crippen molar-refractivity contribution in [3.8, 4) is 0 Å². The van der Waals surface area contributed by atoms with E-state index in [0.29, 0.717) is 17.1 Å². The van der Waals surface area contributed by atoms with Crippen molar-refractivity contribution in [1.29, 1.82) is 0 Å². The summed E-state index contributed by atoms with van der Waals surface area (Å²) in [5.74, 6) is 0. The number of benzene rings is 2. The van der Waals surface area contributed by atoms with Crippen LogP contribution in [0.25, 0.3) is 0 Å². The van der Waals surface area contributed by atoms with Crippen molar-refractivity contribution in [3.05, 3.63) is 67.7 Å². The van der Waals surface area contributed by atoms with Gasteiger partial charge in [-0.15, -0.1) is 0 Å². The lowest BCUT2D eigenvalue weighted by Crippen LogP contribution is -2.07. The lowest BCUT2D eigenvalue weighted by Gasteiger charge is -2.04. The number of nitrogens with one attached hydrogen (secondary N) is 2. The van der Waals surface area contributed by atoms with Crippen LogP contribution >= 0.6 is 136 Å². The number of nitrogen functional groups attached to an aromatic ring is 1. The van der Waals surface area contributed by atoms with Gasteiger partial charge in [-0.3, -0.25) is 10.1 Å². The Morgan fingerprint density at radius 3 is 1.77 bits per heavy atom. The van der Waals surface area contributed by atoms with Crippen LogP contribution in [0.3, 0.4) is 0 Å². The first-order valence-electron chi connectivity index (χ1n) is 8.33. The fourth-order valence-corrected chi connectivity index (χ4v) is 2.37. The molecule has 0 heterocycles. The van der Waals surface area contributed by atoms with Crippen LogP contribution in [-0.4, -0.2) is 21.4 Å². The third-order valence-electron chi connectivity index (χ3n) is 3.08. The van der Waals surface area contributed by atoms with Gasteiger partial charge in [-0.05, 0) is 50.0 Å². The number of rotatable bonds is 5. The van der Waals surface area contributed by atoms with Gasteiger partial charge in [0, 0.05) is 40.5 Å². The maximum Gasteiger partial charge on any atom is 0.273 e. The molecule has 0 fully saturated rings. The number of nitrogens with two attached hydrogens (primary N) is 1. The predicted molar refractivity (Wildman–Crippen MR) is 178 cm³/mol. The summed E-state index contributed by atoms with van der Waals surface area (Å²) in [4.78, 5) is 10.1. The molecule has 0 spiro atoms. The first kappa shape index (κ1) is 35.0. The van der Waals surface area contributed by atoms with E-state index in [2.05, 4.69) is 124 Å². The Kier molecular flexibility index (Phi) is 25.1. The third kappa shape index (κ3) is 19.8. The second-order valence-corrected chi connectivity index (χ2v) is 21.5. The monoisotopic (exact) mass is 1030 g/mol. The predicted octanol–water partition coefficient (Wildman–Crippen LogP) is 8.00. The minimum absolute atomic E-state index is 0.0961. The highest BCUT2D eigenvalue weighted by Crippen LogP contribution is 2.22. The van der Waals surface area contributed by atoms with E-state index >= 15 is 0 Å². The Hall–Kier alpha value is 1.79. The molecule has 0 amide bonds. The minimum Gasteiger partial charge on any atom is -0.398 e. The number of nitro groups is 1. The highest BCUT2D eigenvalue weighted by atomic mass is 127. The Balaban J connectivity index is 0. The van der Waals surface area contributed by atoms with E-state index in [4.69, 9.17) is 28.9 Å².